The van der Waals surface area contributed by atoms with E-state index in [0.717, 1.165) is 19.1 Å². The molecule has 0 aliphatic carbocycles. The predicted octanol–water partition coefficient (Wildman–Crippen LogP) is 5.10. The minimum Gasteiger partial charge on any atom is -0.466 e. The number of hydrogen-bond donors (Lipinski definition) is 1. The van der Waals surface area contributed by atoms with Gasteiger partial charge in [-0.05, 0) is 76.9 Å². The molecule has 0 amide bonds. The van der Waals surface area contributed by atoms with Gasteiger partial charge in [-0.25, -0.2) is 0 Å². The number of furan rings is 1. The van der Waals surface area contributed by atoms with E-state index in [1.807, 2.05) is 20.9 Å². The molecule has 1 unspecified atom stereocenters. The van der Waals surface area contributed by atoms with E-state index < -0.39 is 0 Å². The molecule has 2 aromatic heterocycles. The van der Waals surface area contributed by atoms with Crippen molar-refractivity contribution in [1.82, 2.24) is 5.32 Å². The van der Waals surface area contributed by atoms with Crippen molar-refractivity contribution < 1.29 is 4.42 Å². The monoisotopic (exact) mass is 391 g/mol. The van der Waals surface area contributed by atoms with E-state index in [4.69, 9.17) is 4.42 Å². The van der Waals surface area contributed by atoms with Gasteiger partial charge in [-0.15, -0.1) is 11.3 Å². The maximum atomic E-state index is 5.73. The van der Waals surface area contributed by atoms with Crippen LogP contribution in [-0.2, 0) is 0 Å². The van der Waals surface area contributed by atoms with Crippen molar-refractivity contribution in [3.63, 3.8) is 0 Å². The highest BCUT2D eigenvalue weighted by Crippen LogP contribution is 2.40. The third-order valence-electron chi connectivity index (χ3n) is 3.19. The molecule has 0 aliphatic rings. The molecule has 2 heterocycles. The van der Waals surface area contributed by atoms with Crippen molar-refractivity contribution in [2.45, 2.75) is 26.8 Å². The first-order valence-electron chi connectivity index (χ1n) is 5.64. The van der Waals surface area contributed by atoms with Crippen LogP contribution >= 0.6 is 43.2 Å². The van der Waals surface area contributed by atoms with Gasteiger partial charge in [0, 0.05) is 5.56 Å². The fraction of sp³-hybridized carbons (Fsp3) is 0.385. The second-order valence-electron chi connectivity index (χ2n) is 4.25. The predicted molar refractivity (Wildman–Crippen MR) is 83.5 cm³/mol. The molecule has 1 atom stereocenters. The van der Waals surface area contributed by atoms with E-state index in [1.54, 1.807) is 11.3 Å². The SMILES string of the molecule is CNC(c1cc(Br)sc1Br)c1c(C)oc(C)c1C. The first-order chi connectivity index (χ1) is 8.45. The Bertz CT molecular complexity index is 574. The number of nitrogens with one attached hydrogen (secondary N) is 1. The highest BCUT2D eigenvalue weighted by atomic mass is 79.9. The van der Waals surface area contributed by atoms with E-state index in [2.05, 4.69) is 50.2 Å². The molecule has 0 fully saturated rings. The van der Waals surface area contributed by atoms with E-state index in [0.29, 0.717) is 0 Å². The quantitative estimate of drug-likeness (QED) is 0.785. The molecule has 0 radical (unpaired) electrons. The Morgan fingerprint density at radius 2 is 1.89 bits per heavy atom. The lowest BCUT2D eigenvalue weighted by Crippen LogP contribution is -2.18. The first-order valence-corrected chi connectivity index (χ1v) is 8.04. The lowest BCUT2D eigenvalue weighted by molar-refractivity contribution is 0.495. The molecule has 1 N–H and O–H groups in total. The second kappa shape index (κ2) is 5.49. The molecule has 5 heteroatoms. The minimum absolute atomic E-state index is 0.152. The zero-order chi connectivity index (χ0) is 13.4. The lowest BCUT2D eigenvalue weighted by atomic mass is 9.98. The van der Waals surface area contributed by atoms with Gasteiger partial charge in [-0.2, -0.15) is 0 Å². The van der Waals surface area contributed by atoms with Crippen molar-refractivity contribution in [3.05, 3.63) is 41.9 Å². The van der Waals surface area contributed by atoms with Crippen molar-refractivity contribution in [1.29, 1.82) is 0 Å². The molecule has 0 saturated carbocycles. The highest BCUT2D eigenvalue weighted by molar-refractivity contribution is 9.12. The third-order valence-corrected chi connectivity index (χ3v) is 5.57. The Labute approximate surface area is 128 Å². The maximum absolute atomic E-state index is 5.73. The van der Waals surface area contributed by atoms with E-state index in [9.17, 15) is 0 Å². The molecule has 0 aliphatic heterocycles. The molecule has 2 rings (SSSR count). The molecule has 18 heavy (non-hydrogen) atoms. The maximum Gasteiger partial charge on any atom is 0.106 e. The lowest BCUT2D eigenvalue weighted by Gasteiger charge is -2.16. The average Bonchev–Trinajstić information content (AvgIpc) is 2.74. The van der Waals surface area contributed by atoms with Gasteiger partial charge in [-0.1, -0.05) is 0 Å². The van der Waals surface area contributed by atoms with Gasteiger partial charge in [0.25, 0.3) is 0 Å². The topological polar surface area (TPSA) is 25.2 Å². The molecular weight excluding hydrogens is 378 g/mol. The summed E-state index contributed by atoms with van der Waals surface area (Å²) in [4.78, 5) is 0. The molecule has 0 saturated heterocycles. The normalized spacial score (nSPS) is 13.0. The van der Waals surface area contributed by atoms with Gasteiger partial charge in [-0.3, -0.25) is 0 Å². The van der Waals surface area contributed by atoms with Crippen LogP contribution in [0.15, 0.2) is 18.1 Å². The summed E-state index contributed by atoms with van der Waals surface area (Å²) in [6.07, 6.45) is 0. The van der Waals surface area contributed by atoms with Crippen molar-refractivity contribution in [2.75, 3.05) is 7.05 Å². The largest absolute Gasteiger partial charge is 0.466 e. The van der Waals surface area contributed by atoms with Crippen molar-refractivity contribution >= 4 is 43.2 Å². The summed E-state index contributed by atoms with van der Waals surface area (Å²) in [5.74, 6) is 1.98. The fourth-order valence-electron chi connectivity index (χ4n) is 2.24. The number of halogens is 2. The highest BCUT2D eigenvalue weighted by Gasteiger charge is 2.24. The summed E-state index contributed by atoms with van der Waals surface area (Å²) in [5, 5.41) is 3.38. The minimum atomic E-state index is 0.152. The molecule has 0 bridgehead atoms. The van der Waals surface area contributed by atoms with E-state index in [1.165, 1.54) is 16.7 Å². The van der Waals surface area contributed by atoms with Crippen LogP contribution in [0.5, 0.6) is 0 Å². The summed E-state index contributed by atoms with van der Waals surface area (Å²) >= 11 is 8.85. The van der Waals surface area contributed by atoms with Crippen molar-refractivity contribution in [3.8, 4) is 0 Å². The number of aryl methyl sites for hydroxylation is 2. The van der Waals surface area contributed by atoms with Gasteiger partial charge in [0.1, 0.15) is 11.5 Å². The Hall–Kier alpha value is -0.100. The number of thiophene rings is 1. The van der Waals surface area contributed by atoms with Crippen LogP contribution in [0.4, 0.5) is 0 Å². The van der Waals surface area contributed by atoms with Crippen LogP contribution in [0.3, 0.4) is 0 Å². The third kappa shape index (κ3) is 2.46. The smallest absolute Gasteiger partial charge is 0.106 e. The zero-order valence-electron chi connectivity index (χ0n) is 10.7. The summed E-state index contributed by atoms with van der Waals surface area (Å²) < 4.78 is 8.00. The Morgan fingerprint density at radius 1 is 1.22 bits per heavy atom. The fourth-order valence-corrected chi connectivity index (χ4v) is 5.14. The summed E-state index contributed by atoms with van der Waals surface area (Å²) in [5.41, 5.74) is 3.70. The molecule has 0 aromatic carbocycles. The summed E-state index contributed by atoms with van der Waals surface area (Å²) in [6, 6.07) is 2.30. The van der Waals surface area contributed by atoms with Crippen LogP contribution in [0.1, 0.15) is 34.3 Å². The first kappa shape index (κ1) is 14.3. The van der Waals surface area contributed by atoms with Gasteiger partial charge < -0.3 is 9.73 Å². The summed E-state index contributed by atoms with van der Waals surface area (Å²) in [6.45, 7) is 6.15. The molecule has 2 nitrogen and oxygen atoms in total. The van der Waals surface area contributed by atoms with Crippen molar-refractivity contribution in [2.24, 2.45) is 0 Å². The van der Waals surface area contributed by atoms with Gasteiger partial charge >= 0.3 is 0 Å². The van der Waals surface area contributed by atoms with E-state index in [-0.39, 0.29) is 6.04 Å². The Kier molecular flexibility index (Phi) is 4.36. The Balaban J connectivity index is 2.55. The molecule has 2 aromatic rings. The van der Waals surface area contributed by atoms with Crippen LogP contribution in [0.2, 0.25) is 0 Å². The van der Waals surface area contributed by atoms with Crippen LogP contribution < -0.4 is 5.32 Å². The van der Waals surface area contributed by atoms with Crippen LogP contribution in [0.25, 0.3) is 0 Å². The number of hydrogen-bond acceptors (Lipinski definition) is 3. The van der Waals surface area contributed by atoms with Gasteiger partial charge in [0.05, 0.1) is 13.6 Å². The summed E-state index contributed by atoms with van der Waals surface area (Å²) in [7, 11) is 1.98. The van der Waals surface area contributed by atoms with Crippen LogP contribution in [0, 0.1) is 20.8 Å². The van der Waals surface area contributed by atoms with Crippen LogP contribution in [-0.4, -0.2) is 7.05 Å². The standard InChI is InChI=1S/C13H15Br2NOS/c1-6-7(2)17-8(3)11(6)12(16-4)9-5-10(14)18-13(9)15/h5,12,16H,1-4H3. The van der Waals surface area contributed by atoms with Gasteiger partial charge in [0.15, 0.2) is 0 Å². The van der Waals surface area contributed by atoms with E-state index >= 15 is 0 Å². The zero-order valence-corrected chi connectivity index (χ0v) is 14.7. The Morgan fingerprint density at radius 3 is 2.28 bits per heavy atom. The molecular formula is C13H15Br2NOS. The number of rotatable bonds is 3. The second-order valence-corrected chi connectivity index (χ2v) is 8.00. The average molecular weight is 393 g/mol. The van der Waals surface area contributed by atoms with Gasteiger partial charge in [0.2, 0.25) is 0 Å². The molecule has 98 valence electrons. The molecule has 0 spiro atoms.